The van der Waals surface area contributed by atoms with Crippen LogP contribution in [0.5, 0.6) is 0 Å². The predicted octanol–water partition coefficient (Wildman–Crippen LogP) is 2.91. The molecule has 0 bridgehead atoms. The summed E-state index contributed by atoms with van der Waals surface area (Å²) in [4.78, 5) is 11.2. The summed E-state index contributed by atoms with van der Waals surface area (Å²) in [5, 5.41) is 0. The van der Waals surface area contributed by atoms with Crippen molar-refractivity contribution in [1.82, 2.24) is 0 Å². The Morgan fingerprint density at radius 1 is 0.913 bits per heavy atom. The second-order valence-corrected chi connectivity index (χ2v) is 6.72. The van der Waals surface area contributed by atoms with Gasteiger partial charge in [0.25, 0.3) is 0 Å². The van der Waals surface area contributed by atoms with E-state index in [4.69, 9.17) is 18.9 Å². The normalized spacial score (nSPS) is 36.0. The first-order valence-electron chi connectivity index (χ1n) is 7.83. The van der Waals surface area contributed by atoms with Crippen molar-refractivity contribution in [2.24, 2.45) is 0 Å². The Labute approximate surface area is 137 Å². The number of ketones is 1. The average Bonchev–Trinajstić information content (AvgIpc) is 2.89. The van der Waals surface area contributed by atoms with Gasteiger partial charge in [0.15, 0.2) is 17.4 Å². The van der Waals surface area contributed by atoms with E-state index in [1.54, 1.807) is 12.2 Å². The molecule has 2 rings (SSSR count). The van der Waals surface area contributed by atoms with E-state index in [0.717, 1.165) is 0 Å². The van der Waals surface area contributed by atoms with Crippen molar-refractivity contribution in [3.63, 3.8) is 0 Å². The van der Waals surface area contributed by atoms with Crippen molar-refractivity contribution in [2.75, 3.05) is 0 Å². The first kappa shape index (κ1) is 18.1. The lowest BCUT2D eigenvalue weighted by Gasteiger charge is -2.24. The van der Waals surface area contributed by atoms with Gasteiger partial charge in [-0.15, -0.1) is 0 Å². The maximum atomic E-state index is 11.2. The molecule has 5 heteroatoms. The van der Waals surface area contributed by atoms with Gasteiger partial charge in [0.2, 0.25) is 0 Å². The summed E-state index contributed by atoms with van der Waals surface area (Å²) in [5.41, 5.74) is 0. The number of rotatable bonds is 5. The molecule has 0 aromatic rings. The highest BCUT2D eigenvalue weighted by Gasteiger charge is 2.52. The summed E-state index contributed by atoms with van der Waals surface area (Å²) in [6, 6.07) is 0. The number of hydrogen-bond acceptors (Lipinski definition) is 5. The Bertz CT molecular complexity index is 518. The Morgan fingerprint density at radius 3 is 1.83 bits per heavy atom. The lowest BCUT2D eigenvalue weighted by Crippen LogP contribution is -2.41. The zero-order valence-electron chi connectivity index (χ0n) is 14.4. The quantitative estimate of drug-likeness (QED) is 0.575. The van der Waals surface area contributed by atoms with E-state index >= 15 is 0 Å². The maximum absolute atomic E-state index is 11.2. The van der Waals surface area contributed by atoms with Gasteiger partial charge >= 0.3 is 0 Å². The average molecular weight is 322 g/mol. The Kier molecular flexibility index (Phi) is 5.26. The van der Waals surface area contributed by atoms with E-state index in [2.05, 4.69) is 6.58 Å². The summed E-state index contributed by atoms with van der Waals surface area (Å²) in [5.74, 6) is -1.51. The maximum Gasteiger partial charge on any atom is 0.164 e. The molecule has 4 atom stereocenters. The van der Waals surface area contributed by atoms with Crippen LogP contribution < -0.4 is 0 Å². The van der Waals surface area contributed by atoms with Gasteiger partial charge in [-0.3, -0.25) is 4.79 Å². The van der Waals surface area contributed by atoms with E-state index in [1.807, 2.05) is 39.8 Å². The smallest absolute Gasteiger partial charge is 0.164 e. The lowest BCUT2D eigenvalue weighted by atomic mass is 10.0. The molecule has 2 fully saturated rings. The molecule has 2 saturated heterocycles. The number of hydrogen-bond donors (Lipinski definition) is 0. The Balaban J connectivity index is 2.25. The summed E-state index contributed by atoms with van der Waals surface area (Å²) in [7, 11) is 0. The van der Waals surface area contributed by atoms with Crippen molar-refractivity contribution >= 4 is 5.78 Å². The largest absolute Gasteiger partial charge is 0.341 e. The van der Waals surface area contributed by atoms with E-state index in [-0.39, 0.29) is 30.2 Å². The van der Waals surface area contributed by atoms with Gasteiger partial charge in [-0.05, 0) is 46.8 Å². The zero-order chi connectivity index (χ0) is 17.3. The van der Waals surface area contributed by atoms with Gasteiger partial charge < -0.3 is 18.9 Å². The minimum atomic E-state index is -0.751. The minimum absolute atomic E-state index is 0.0379. The molecule has 2 heterocycles. The van der Waals surface area contributed by atoms with Crippen molar-refractivity contribution in [2.45, 2.75) is 70.6 Å². The molecule has 0 spiro atoms. The third-order valence-corrected chi connectivity index (χ3v) is 3.61. The topological polar surface area (TPSA) is 54.0 Å². The number of carbonyl (C=O) groups excluding carboxylic acids is 1. The van der Waals surface area contributed by atoms with Crippen molar-refractivity contribution < 1.29 is 23.7 Å². The SMILES string of the molecule is C=C/C=C\[C@@H]1OC(C)(C)O[C@H]1[C@@H]1OC(C)(C)O[C@@H]1/C=C/C(C)=O. The zero-order valence-corrected chi connectivity index (χ0v) is 14.4. The van der Waals surface area contributed by atoms with Crippen LogP contribution in [-0.2, 0) is 23.7 Å². The van der Waals surface area contributed by atoms with Crippen LogP contribution in [0.15, 0.2) is 37.0 Å². The van der Waals surface area contributed by atoms with Crippen LogP contribution in [0.3, 0.4) is 0 Å². The summed E-state index contributed by atoms with van der Waals surface area (Å²) in [6.07, 6.45) is 7.26. The number of carbonyl (C=O) groups is 1. The van der Waals surface area contributed by atoms with Crippen LogP contribution in [0, 0.1) is 0 Å². The third-order valence-electron chi connectivity index (χ3n) is 3.61. The highest BCUT2D eigenvalue weighted by Crippen LogP contribution is 2.39. The number of ether oxygens (including phenoxy) is 4. The van der Waals surface area contributed by atoms with Gasteiger partial charge in [0, 0.05) is 0 Å². The van der Waals surface area contributed by atoms with E-state index in [9.17, 15) is 4.79 Å². The Morgan fingerprint density at radius 2 is 1.39 bits per heavy atom. The summed E-state index contributed by atoms with van der Waals surface area (Å²) < 4.78 is 23.9. The molecule has 0 saturated carbocycles. The fourth-order valence-corrected chi connectivity index (χ4v) is 2.86. The third kappa shape index (κ3) is 4.61. The lowest BCUT2D eigenvalue weighted by molar-refractivity contribution is -0.174. The minimum Gasteiger partial charge on any atom is -0.341 e. The van der Waals surface area contributed by atoms with E-state index in [0.29, 0.717) is 0 Å². The molecule has 5 nitrogen and oxygen atoms in total. The van der Waals surface area contributed by atoms with Crippen LogP contribution >= 0.6 is 0 Å². The fourth-order valence-electron chi connectivity index (χ4n) is 2.86. The van der Waals surface area contributed by atoms with Crippen LogP contribution in [0.1, 0.15) is 34.6 Å². The van der Waals surface area contributed by atoms with Gasteiger partial charge in [-0.25, -0.2) is 0 Å². The molecule has 0 aromatic carbocycles. The van der Waals surface area contributed by atoms with Gasteiger partial charge in [0.05, 0.1) is 0 Å². The summed E-state index contributed by atoms with van der Waals surface area (Å²) in [6.45, 7) is 12.6. The molecule has 0 N–H and O–H groups in total. The summed E-state index contributed by atoms with van der Waals surface area (Å²) >= 11 is 0. The molecule has 2 aliphatic heterocycles. The van der Waals surface area contributed by atoms with Gasteiger partial charge in [-0.2, -0.15) is 0 Å². The van der Waals surface area contributed by atoms with Crippen molar-refractivity contribution in [3.8, 4) is 0 Å². The molecule has 0 aliphatic carbocycles. The molecule has 0 amide bonds. The first-order chi connectivity index (χ1) is 10.6. The van der Waals surface area contributed by atoms with Crippen molar-refractivity contribution in [3.05, 3.63) is 37.0 Å². The predicted molar refractivity (Wildman–Crippen MR) is 86.8 cm³/mol. The monoisotopic (exact) mass is 322 g/mol. The number of allylic oxidation sites excluding steroid dienone is 3. The van der Waals surface area contributed by atoms with Crippen molar-refractivity contribution in [1.29, 1.82) is 0 Å². The molecular formula is C18H26O5. The molecule has 0 unspecified atom stereocenters. The van der Waals surface area contributed by atoms with E-state index < -0.39 is 11.6 Å². The first-order valence-corrected chi connectivity index (χ1v) is 7.83. The van der Waals surface area contributed by atoms with Crippen LogP contribution in [0.4, 0.5) is 0 Å². The van der Waals surface area contributed by atoms with E-state index in [1.165, 1.54) is 13.0 Å². The van der Waals surface area contributed by atoms with Gasteiger partial charge in [0.1, 0.15) is 24.4 Å². The second-order valence-electron chi connectivity index (χ2n) is 6.72. The van der Waals surface area contributed by atoms with Crippen LogP contribution in [-0.4, -0.2) is 41.8 Å². The van der Waals surface area contributed by atoms with Crippen LogP contribution in [0.25, 0.3) is 0 Å². The second kappa shape index (κ2) is 6.69. The molecule has 0 aromatic heterocycles. The standard InChI is InChI=1S/C18H26O5/c1-7-8-9-13-15(22-17(3,4)20-13)16-14(11-10-12(2)19)21-18(5,6)23-16/h7-11,13-16H,1H2,2-6H3/b9-8-,11-10+/t13-,14+,15+,16+/m0/s1. The molecule has 2 aliphatic rings. The van der Waals surface area contributed by atoms with Crippen LogP contribution in [0.2, 0.25) is 0 Å². The highest BCUT2D eigenvalue weighted by molar-refractivity contribution is 5.87. The molecular weight excluding hydrogens is 296 g/mol. The fraction of sp³-hybridized carbons (Fsp3) is 0.611. The molecule has 23 heavy (non-hydrogen) atoms. The highest BCUT2D eigenvalue weighted by atomic mass is 16.8. The molecule has 128 valence electrons. The Hall–Kier alpha value is -1.27. The van der Waals surface area contributed by atoms with Gasteiger partial charge in [-0.1, -0.05) is 24.8 Å². The molecule has 0 radical (unpaired) electrons.